The van der Waals surface area contributed by atoms with Gasteiger partial charge in [-0.25, -0.2) is 9.67 Å². The number of furan rings is 1. The van der Waals surface area contributed by atoms with Crippen molar-refractivity contribution < 1.29 is 9.34 Å². The lowest BCUT2D eigenvalue weighted by Crippen LogP contribution is -2.11. The van der Waals surface area contributed by atoms with Gasteiger partial charge in [0.25, 0.3) is 5.69 Å². The molecule has 0 amide bonds. The zero-order chi connectivity index (χ0) is 22.0. The predicted molar refractivity (Wildman–Crippen MR) is 123 cm³/mol. The highest BCUT2D eigenvalue weighted by Crippen LogP contribution is 2.27. The van der Waals surface area contributed by atoms with Crippen LogP contribution in [-0.4, -0.2) is 15.8 Å². The van der Waals surface area contributed by atoms with Crippen molar-refractivity contribution in [3.8, 4) is 11.5 Å². The average Bonchev–Trinajstić information content (AvgIpc) is 3.40. The van der Waals surface area contributed by atoms with Gasteiger partial charge in [-0.15, -0.1) is 11.3 Å². The molecule has 0 aliphatic carbocycles. The van der Waals surface area contributed by atoms with Gasteiger partial charge in [-0.05, 0) is 36.4 Å². The molecule has 4 aromatic rings. The molecule has 0 atom stereocenters. The van der Waals surface area contributed by atoms with Gasteiger partial charge < -0.3 is 4.42 Å². The van der Waals surface area contributed by atoms with Crippen molar-refractivity contribution in [3.05, 3.63) is 95.7 Å². The lowest BCUT2D eigenvalue weighted by molar-refractivity contribution is -0.384. The Balaban J connectivity index is 1.82. The zero-order valence-corrected chi connectivity index (χ0v) is 18.5. The maximum Gasteiger partial charge on any atom is 0.288 e. The number of nitrogens with zero attached hydrogens (tertiary/aromatic N) is 4. The summed E-state index contributed by atoms with van der Waals surface area (Å²) >= 11 is 19.3. The second-order valence-corrected chi connectivity index (χ2v) is 8.17. The van der Waals surface area contributed by atoms with Crippen molar-refractivity contribution in [2.75, 3.05) is 0 Å². The standard InChI is InChI=1S/C20H11Cl3N4O3S/c21-14-6-4-13(9-16(14)23)25-20-26(18(11-31-20)19-2-1-7-30-19)24-10-12-3-5-15(22)17(8-12)27(28)29/h1-11H. The van der Waals surface area contributed by atoms with Crippen molar-refractivity contribution in [1.29, 1.82) is 0 Å². The van der Waals surface area contributed by atoms with E-state index in [0.29, 0.717) is 37.6 Å². The first-order valence-electron chi connectivity index (χ1n) is 8.65. The van der Waals surface area contributed by atoms with E-state index in [1.165, 1.54) is 29.7 Å². The number of nitro groups is 1. The average molecular weight is 494 g/mol. The van der Waals surface area contributed by atoms with E-state index in [2.05, 4.69) is 10.1 Å². The topological polar surface area (TPSA) is 85.9 Å². The molecule has 0 aliphatic heterocycles. The maximum absolute atomic E-state index is 11.2. The zero-order valence-electron chi connectivity index (χ0n) is 15.4. The minimum absolute atomic E-state index is 0.0527. The number of hydrogen-bond acceptors (Lipinski definition) is 6. The van der Waals surface area contributed by atoms with Crippen LogP contribution in [0.2, 0.25) is 15.1 Å². The molecular formula is C20H11Cl3N4O3S. The molecule has 31 heavy (non-hydrogen) atoms. The van der Waals surface area contributed by atoms with E-state index >= 15 is 0 Å². The predicted octanol–water partition coefficient (Wildman–Crippen LogP) is 6.79. The smallest absolute Gasteiger partial charge is 0.288 e. The molecule has 0 spiro atoms. The van der Waals surface area contributed by atoms with Gasteiger partial charge in [0.1, 0.15) is 10.7 Å². The van der Waals surface area contributed by atoms with E-state index in [0.717, 1.165) is 0 Å². The Bertz CT molecular complexity index is 1360. The molecule has 11 heteroatoms. The van der Waals surface area contributed by atoms with Crippen LogP contribution in [0.5, 0.6) is 0 Å². The number of nitro benzene ring substituents is 1. The fourth-order valence-electron chi connectivity index (χ4n) is 2.62. The van der Waals surface area contributed by atoms with Crippen molar-refractivity contribution in [2.24, 2.45) is 10.1 Å². The van der Waals surface area contributed by atoms with E-state index in [-0.39, 0.29) is 10.7 Å². The van der Waals surface area contributed by atoms with Crippen LogP contribution < -0.4 is 4.80 Å². The van der Waals surface area contributed by atoms with Crippen LogP contribution in [0.4, 0.5) is 11.4 Å². The van der Waals surface area contributed by atoms with Crippen molar-refractivity contribution >= 4 is 63.7 Å². The third-order valence-electron chi connectivity index (χ3n) is 4.08. The molecule has 0 unspecified atom stereocenters. The fourth-order valence-corrected chi connectivity index (χ4v) is 3.94. The highest BCUT2D eigenvalue weighted by Gasteiger charge is 2.13. The van der Waals surface area contributed by atoms with Crippen molar-refractivity contribution in [3.63, 3.8) is 0 Å². The molecule has 0 radical (unpaired) electrons. The summed E-state index contributed by atoms with van der Waals surface area (Å²) in [6.45, 7) is 0. The van der Waals surface area contributed by atoms with E-state index in [9.17, 15) is 10.1 Å². The number of aromatic nitrogens is 1. The third-order valence-corrected chi connectivity index (χ3v) is 5.95. The lowest BCUT2D eigenvalue weighted by atomic mass is 10.2. The molecule has 0 saturated heterocycles. The quantitative estimate of drug-likeness (QED) is 0.174. The molecule has 0 N–H and O–H groups in total. The minimum Gasteiger partial charge on any atom is -0.463 e. The fraction of sp³-hybridized carbons (Fsp3) is 0. The van der Waals surface area contributed by atoms with Gasteiger partial charge in [-0.3, -0.25) is 10.1 Å². The van der Waals surface area contributed by atoms with Gasteiger partial charge in [-0.1, -0.05) is 40.9 Å². The first-order valence-corrected chi connectivity index (χ1v) is 10.7. The summed E-state index contributed by atoms with van der Waals surface area (Å²) in [4.78, 5) is 15.7. The highest BCUT2D eigenvalue weighted by molar-refractivity contribution is 7.07. The molecule has 2 aromatic carbocycles. The van der Waals surface area contributed by atoms with Crippen LogP contribution in [0.25, 0.3) is 11.5 Å². The van der Waals surface area contributed by atoms with Crippen LogP contribution in [0.3, 0.4) is 0 Å². The minimum atomic E-state index is -0.545. The van der Waals surface area contributed by atoms with E-state index < -0.39 is 4.92 Å². The molecular weight excluding hydrogens is 483 g/mol. The molecule has 7 nitrogen and oxygen atoms in total. The Kier molecular flexibility index (Phi) is 6.24. The van der Waals surface area contributed by atoms with Gasteiger partial charge in [0, 0.05) is 17.0 Å². The van der Waals surface area contributed by atoms with Gasteiger partial charge in [0.15, 0.2) is 5.76 Å². The second kappa shape index (κ2) is 9.07. The normalized spacial score (nSPS) is 12.0. The van der Waals surface area contributed by atoms with Gasteiger partial charge in [0.05, 0.1) is 33.1 Å². The van der Waals surface area contributed by atoms with Crippen LogP contribution >= 0.6 is 46.1 Å². The molecule has 0 saturated carbocycles. The summed E-state index contributed by atoms with van der Waals surface area (Å²) in [6, 6.07) is 13.0. The van der Waals surface area contributed by atoms with Gasteiger partial charge in [0.2, 0.25) is 4.80 Å². The van der Waals surface area contributed by atoms with Crippen molar-refractivity contribution in [1.82, 2.24) is 4.68 Å². The summed E-state index contributed by atoms with van der Waals surface area (Å²) in [5, 5.41) is 18.3. The van der Waals surface area contributed by atoms with Gasteiger partial charge in [-0.2, -0.15) is 5.10 Å². The van der Waals surface area contributed by atoms with Crippen LogP contribution in [-0.2, 0) is 0 Å². The number of benzene rings is 2. The van der Waals surface area contributed by atoms with Crippen LogP contribution in [0, 0.1) is 10.1 Å². The number of thiazole rings is 1. The molecule has 156 valence electrons. The summed E-state index contributed by atoms with van der Waals surface area (Å²) < 4.78 is 7.08. The Hall–Kier alpha value is -2.91. The SMILES string of the molecule is O=[N+]([O-])c1cc(C=Nn2c(-c3ccco3)csc2=Nc2ccc(Cl)c(Cl)c2)ccc1Cl. The molecule has 4 rings (SSSR count). The van der Waals surface area contributed by atoms with Crippen LogP contribution in [0.1, 0.15) is 5.56 Å². The maximum atomic E-state index is 11.2. The summed E-state index contributed by atoms with van der Waals surface area (Å²) in [5.74, 6) is 0.589. The summed E-state index contributed by atoms with van der Waals surface area (Å²) in [7, 11) is 0. The van der Waals surface area contributed by atoms with E-state index in [4.69, 9.17) is 39.2 Å². The van der Waals surface area contributed by atoms with E-state index in [1.807, 2.05) is 5.38 Å². The molecule has 2 heterocycles. The van der Waals surface area contributed by atoms with Crippen LogP contribution in [0.15, 0.2) is 74.7 Å². The number of halogens is 3. The molecule has 2 aromatic heterocycles. The first-order chi connectivity index (χ1) is 14.9. The summed E-state index contributed by atoms with van der Waals surface area (Å²) in [6.07, 6.45) is 3.04. The van der Waals surface area contributed by atoms with Gasteiger partial charge >= 0.3 is 0 Å². The highest BCUT2D eigenvalue weighted by atomic mass is 35.5. The Morgan fingerprint density at radius 3 is 2.58 bits per heavy atom. The molecule has 0 aliphatic rings. The Morgan fingerprint density at radius 1 is 1.06 bits per heavy atom. The second-order valence-electron chi connectivity index (χ2n) is 6.12. The van der Waals surface area contributed by atoms with E-state index in [1.54, 1.807) is 47.3 Å². The largest absolute Gasteiger partial charge is 0.463 e. The monoisotopic (exact) mass is 492 g/mol. The number of rotatable bonds is 5. The first kappa shape index (κ1) is 21.3. The van der Waals surface area contributed by atoms with Crippen molar-refractivity contribution in [2.45, 2.75) is 0 Å². The Morgan fingerprint density at radius 2 is 1.87 bits per heavy atom. The molecule has 0 bridgehead atoms. The molecule has 0 fully saturated rings. The number of hydrogen-bond donors (Lipinski definition) is 0. The lowest BCUT2D eigenvalue weighted by Gasteiger charge is -2.02. The Labute approximate surface area is 194 Å². The third kappa shape index (κ3) is 4.72. The summed E-state index contributed by atoms with van der Waals surface area (Å²) in [5.41, 5.74) is 1.55.